The van der Waals surface area contributed by atoms with Crippen LogP contribution < -0.4 is 10.6 Å². The Morgan fingerprint density at radius 1 is 1.40 bits per heavy atom. The van der Waals surface area contributed by atoms with Crippen LogP contribution in [-0.4, -0.2) is 34.3 Å². The number of nitrogens with zero attached hydrogens (tertiary/aromatic N) is 3. The number of carbonyl (C=O) groups excluding carboxylic acids is 1. The van der Waals surface area contributed by atoms with E-state index in [0.717, 1.165) is 24.3 Å². The number of hydrogen-bond donors (Lipinski definition) is 2. The van der Waals surface area contributed by atoms with Crippen molar-refractivity contribution in [1.82, 2.24) is 25.4 Å². The van der Waals surface area contributed by atoms with E-state index in [1.165, 1.54) is 0 Å². The minimum absolute atomic E-state index is 0.0673. The molecule has 0 radical (unpaired) electrons. The molecule has 0 aromatic carbocycles. The van der Waals surface area contributed by atoms with Gasteiger partial charge >= 0.3 is 0 Å². The van der Waals surface area contributed by atoms with Crippen molar-refractivity contribution in [2.24, 2.45) is 0 Å². The van der Waals surface area contributed by atoms with E-state index in [4.69, 9.17) is 0 Å². The molecule has 0 aliphatic heterocycles. The maximum Gasteiger partial charge on any atom is 0.220 e. The van der Waals surface area contributed by atoms with Crippen molar-refractivity contribution in [2.45, 2.75) is 19.4 Å². The minimum atomic E-state index is 0.0673. The fourth-order valence-corrected chi connectivity index (χ4v) is 1.81. The summed E-state index contributed by atoms with van der Waals surface area (Å²) in [5.74, 6) is 0.814. The second-order valence-electron chi connectivity index (χ2n) is 4.46. The molecule has 2 aromatic rings. The van der Waals surface area contributed by atoms with Gasteiger partial charge in [0.1, 0.15) is 0 Å². The van der Waals surface area contributed by atoms with Gasteiger partial charge in [-0.2, -0.15) is 5.10 Å². The van der Waals surface area contributed by atoms with Crippen molar-refractivity contribution in [1.29, 1.82) is 0 Å². The molecule has 0 saturated heterocycles. The van der Waals surface area contributed by atoms with Gasteiger partial charge in [-0.1, -0.05) is 0 Å². The van der Waals surface area contributed by atoms with Crippen LogP contribution in [0.25, 0.3) is 5.82 Å². The first-order valence-electron chi connectivity index (χ1n) is 6.66. The number of nitrogens with one attached hydrogen (secondary N) is 2. The summed E-state index contributed by atoms with van der Waals surface area (Å²) in [6, 6.07) is 5.65. The Labute approximate surface area is 118 Å². The standard InChI is InChI=1S/C14H19N5O/c1-15-6-2-4-14(20)17-11-12-5-8-16-13(10-12)19-9-3-7-18-19/h3,5,7-10,15H,2,4,6,11H2,1H3,(H,17,20). The topological polar surface area (TPSA) is 71.8 Å². The van der Waals surface area contributed by atoms with Gasteiger partial charge in [-0.15, -0.1) is 0 Å². The lowest BCUT2D eigenvalue weighted by Crippen LogP contribution is -2.23. The predicted octanol–water partition coefficient (Wildman–Crippen LogP) is 0.883. The molecule has 20 heavy (non-hydrogen) atoms. The average molecular weight is 273 g/mol. The Kier molecular flexibility index (Phi) is 5.25. The highest BCUT2D eigenvalue weighted by Gasteiger charge is 2.03. The molecule has 0 saturated carbocycles. The summed E-state index contributed by atoms with van der Waals surface area (Å²) in [6.45, 7) is 1.36. The summed E-state index contributed by atoms with van der Waals surface area (Å²) in [4.78, 5) is 15.9. The zero-order chi connectivity index (χ0) is 14.2. The molecule has 2 heterocycles. The predicted molar refractivity (Wildman–Crippen MR) is 76.4 cm³/mol. The van der Waals surface area contributed by atoms with Crippen LogP contribution in [0.3, 0.4) is 0 Å². The van der Waals surface area contributed by atoms with E-state index in [2.05, 4.69) is 20.7 Å². The first kappa shape index (κ1) is 14.2. The SMILES string of the molecule is CNCCCC(=O)NCc1ccnc(-n2cccn2)c1. The second kappa shape index (κ2) is 7.40. The first-order valence-corrected chi connectivity index (χ1v) is 6.66. The number of hydrogen-bond acceptors (Lipinski definition) is 4. The molecule has 0 atom stereocenters. The highest BCUT2D eigenvalue weighted by molar-refractivity contribution is 5.75. The number of aromatic nitrogens is 3. The largest absolute Gasteiger partial charge is 0.352 e. The van der Waals surface area contributed by atoms with Crippen molar-refractivity contribution in [3.8, 4) is 5.82 Å². The lowest BCUT2D eigenvalue weighted by atomic mass is 10.2. The summed E-state index contributed by atoms with van der Waals surface area (Å²) >= 11 is 0. The Hall–Kier alpha value is -2.21. The lowest BCUT2D eigenvalue weighted by molar-refractivity contribution is -0.121. The molecule has 6 nitrogen and oxygen atoms in total. The van der Waals surface area contributed by atoms with Crippen molar-refractivity contribution < 1.29 is 4.79 Å². The van der Waals surface area contributed by atoms with E-state index >= 15 is 0 Å². The van der Waals surface area contributed by atoms with Crippen LogP contribution in [0.4, 0.5) is 0 Å². The van der Waals surface area contributed by atoms with E-state index in [1.807, 2.05) is 31.4 Å². The Bertz CT molecular complexity index is 538. The first-order chi connectivity index (χ1) is 9.79. The minimum Gasteiger partial charge on any atom is -0.352 e. The molecule has 0 bridgehead atoms. The maximum absolute atomic E-state index is 11.6. The monoisotopic (exact) mass is 273 g/mol. The average Bonchev–Trinajstić information content (AvgIpc) is 3.00. The zero-order valence-electron chi connectivity index (χ0n) is 11.5. The quantitative estimate of drug-likeness (QED) is 0.735. The summed E-state index contributed by atoms with van der Waals surface area (Å²) < 4.78 is 1.69. The molecule has 0 aliphatic rings. The molecule has 2 rings (SSSR count). The van der Waals surface area contributed by atoms with Crippen LogP contribution in [0.1, 0.15) is 18.4 Å². The summed E-state index contributed by atoms with van der Waals surface area (Å²) in [7, 11) is 1.88. The summed E-state index contributed by atoms with van der Waals surface area (Å²) in [6.07, 6.45) is 6.65. The van der Waals surface area contributed by atoms with Gasteiger partial charge in [-0.3, -0.25) is 4.79 Å². The third-order valence-corrected chi connectivity index (χ3v) is 2.87. The van der Waals surface area contributed by atoms with Gasteiger partial charge in [0, 0.05) is 31.6 Å². The highest BCUT2D eigenvalue weighted by atomic mass is 16.1. The molecular formula is C14H19N5O. The molecule has 0 fully saturated rings. The van der Waals surface area contributed by atoms with Gasteiger partial charge in [0.05, 0.1) is 0 Å². The third-order valence-electron chi connectivity index (χ3n) is 2.87. The number of pyridine rings is 1. The number of carbonyl (C=O) groups is 1. The van der Waals surface area contributed by atoms with Crippen molar-refractivity contribution in [3.63, 3.8) is 0 Å². The third kappa shape index (κ3) is 4.17. The van der Waals surface area contributed by atoms with E-state index in [1.54, 1.807) is 17.1 Å². The summed E-state index contributed by atoms with van der Waals surface area (Å²) in [5.41, 5.74) is 1.01. The van der Waals surface area contributed by atoms with Crippen LogP contribution in [0.5, 0.6) is 0 Å². The molecule has 0 unspecified atom stereocenters. The van der Waals surface area contributed by atoms with Crippen molar-refractivity contribution in [3.05, 3.63) is 42.4 Å². The molecule has 106 valence electrons. The van der Waals surface area contributed by atoms with Crippen LogP contribution in [-0.2, 0) is 11.3 Å². The zero-order valence-corrected chi connectivity index (χ0v) is 11.5. The van der Waals surface area contributed by atoms with Crippen LogP contribution >= 0.6 is 0 Å². The molecule has 6 heteroatoms. The lowest BCUT2D eigenvalue weighted by Gasteiger charge is -2.07. The number of amides is 1. The maximum atomic E-state index is 11.6. The second-order valence-corrected chi connectivity index (χ2v) is 4.46. The van der Waals surface area contributed by atoms with Crippen LogP contribution in [0.2, 0.25) is 0 Å². The fraction of sp³-hybridized carbons (Fsp3) is 0.357. The normalized spacial score (nSPS) is 10.4. The molecule has 2 aromatic heterocycles. The van der Waals surface area contributed by atoms with Gasteiger partial charge in [-0.05, 0) is 43.8 Å². The van der Waals surface area contributed by atoms with E-state index < -0.39 is 0 Å². The number of rotatable bonds is 7. The smallest absolute Gasteiger partial charge is 0.220 e. The molecule has 1 amide bonds. The van der Waals surface area contributed by atoms with Gasteiger partial charge in [0.25, 0.3) is 0 Å². The molecular weight excluding hydrogens is 254 g/mol. The van der Waals surface area contributed by atoms with Gasteiger partial charge in [-0.25, -0.2) is 9.67 Å². The van der Waals surface area contributed by atoms with Crippen LogP contribution in [0, 0.1) is 0 Å². The van der Waals surface area contributed by atoms with Crippen LogP contribution in [0.15, 0.2) is 36.8 Å². The Morgan fingerprint density at radius 2 is 2.30 bits per heavy atom. The molecule has 2 N–H and O–H groups in total. The van der Waals surface area contributed by atoms with Crippen molar-refractivity contribution in [2.75, 3.05) is 13.6 Å². The summed E-state index contributed by atoms with van der Waals surface area (Å²) in [5, 5.41) is 10.1. The van der Waals surface area contributed by atoms with Crippen molar-refractivity contribution >= 4 is 5.91 Å². The molecule has 0 aliphatic carbocycles. The van der Waals surface area contributed by atoms with E-state index in [0.29, 0.717) is 13.0 Å². The Balaban J connectivity index is 1.87. The highest BCUT2D eigenvalue weighted by Crippen LogP contribution is 2.06. The Morgan fingerprint density at radius 3 is 3.05 bits per heavy atom. The molecule has 0 spiro atoms. The van der Waals surface area contributed by atoms with E-state index in [9.17, 15) is 4.79 Å². The fourth-order valence-electron chi connectivity index (χ4n) is 1.81. The van der Waals surface area contributed by atoms with E-state index in [-0.39, 0.29) is 5.91 Å². The van der Waals surface area contributed by atoms with Gasteiger partial charge in [0.2, 0.25) is 5.91 Å². The van der Waals surface area contributed by atoms with Gasteiger partial charge < -0.3 is 10.6 Å². The van der Waals surface area contributed by atoms with Gasteiger partial charge in [0.15, 0.2) is 5.82 Å².